The molecule has 1 aromatic carbocycles. The summed E-state index contributed by atoms with van der Waals surface area (Å²) in [5, 5.41) is 0. The standard InChI is InChI=1S/C15H10F4N2O5/c1-23-13-10(20)9(17)11(21-12(13)14(22)24-2)5-3-7-8(4-6(5)16)26-15(18,19)25-7/h3-4H,1-2H3,(H2,20,21). The van der Waals surface area contributed by atoms with Gasteiger partial charge < -0.3 is 24.7 Å². The lowest BCUT2D eigenvalue weighted by Crippen LogP contribution is -2.25. The van der Waals surface area contributed by atoms with Crippen LogP contribution in [-0.2, 0) is 4.74 Å². The lowest BCUT2D eigenvalue weighted by molar-refractivity contribution is -0.286. The highest BCUT2D eigenvalue weighted by Gasteiger charge is 2.44. The first-order valence-electron chi connectivity index (χ1n) is 6.89. The summed E-state index contributed by atoms with van der Waals surface area (Å²) in [6.45, 7) is 0. The number of fused-ring (bicyclic) bond motifs is 1. The van der Waals surface area contributed by atoms with E-state index in [0.717, 1.165) is 20.3 Å². The summed E-state index contributed by atoms with van der Waals surface area (Å²) in [5.74, 6) is -4.93. The molecule has 0 aliphatic carbocycles. The number of aromatic nitrogens is 1. The van der Waals surface area contributed by atoms with Gasteiger partial charge in [0.05, 0.1) is 14.2 Å². The van der Waals surface area contributed by atoms with Gasteiger partial charge in [0.15, 0.2) is 28.8 Å². The predicted octanol–water partition coefficient (Wildman–Crippen LogP) is 2.73. The van der Waals surface area contributed by atoms with Crippen molar-refractivity contribution in [1.29, 1.82) is 0 Å². The summed E-state index contributed by atoms with van der Waals surface area (Å²) in [5.41, 5.74) is 3.12. The number of nitrogens with zero attached hydrogens (tertiary/aromatic N) is 1. The summed E-state index contributed by atoms with van der Waals surface area (Å²) in [7, 11) is 2.15. The Hall–Kier alpha value is -3.24. The number of pyridine rings is 1. The number of methoxy groups -OCH3 is 2. The molecule has 7 nitrogen and oxygen atoms in total. The van der Waals surface area contributed by atoms with Crippen molar-refractivity contribution in [3.8, 4) is 28.5 Å². The molecule has 26 heavy (non-hydrogen) atoms. The van der Waals surface area contributed by atoms with E-state index in [2.05, 4.69) is 19.2 Å². The number of benzene rings is 1. The van der Waals surface area contributed by atoms with Gasteiger partial charge in [-0.05, 0) is 6.07 Å². The van der Waals surface area contributed by atoms with Crippen molar-refractivity contribution in [3.63, 3.8) is 0 Å². The highest BCUT2D eigenvalue weighted by atomic mass is 19.3. The fraction of sp³-hybridized carbons (Fsp3) is 0.200. The number of hydrogen-bond donors (Lipinski definition) is 1. The van der Waals surface area contributed by atoms with Crippen molar-refractivity contribution in [1.82, 2.24) is 4.98 Å². The molecule has 3 rings (SSSR count). The molecule has 11 heteroatoms. The number of nitrogen functional groups attached to an aromatic ring is 1. The third kappa shape index (κ3) is 2.70. The van der Waals surface area contributed by atoms with Crippen LogP contribution in [0.25, 0.3) is 11.3 Å². The molecular weight excluding hydrogens is 364 g/mol. The molecule has 138 valence electrons. The molecule has 0 saturated carbocycles. The third-order valence-electron chi connectivity index (χ3n) is 3.46. The van der Waals surface area contributed by atoms with Crippen LogP contribution in [0.15, 0.2) is 12.1 Å². The van der Waals surface area contributed by atoms with E-state index in [4.69, 9.17) is 10.5 Å². The van der Waals surface area contributed by atoms with Crippen molar-refractivity contribution < 1.29 is 41.3 Å². The van der Waals surface area contributed by atoms with Crippen molar-refractivity contribution >= 4 is 11.7 Å². The molecule has 1 aliphatic heterocycles. The molecule has 0 unspecified atom stereocenters. The Morgan fingerprint density at radius 2 is 1.81 bits per heavy atom. The van der Waals surface area contributed by atoms with Gasteiger partial charge in [-0.25, -0.2) is 18.6 Å². The van der Waals surface area contributed by atoms with Crippen molar-refractivity contribution in [2.24, 2.45) is 0 Å². The fourth-order valence-corrected chi connectivity index (χ4v) is 2.34. The molecule has 0 bridgehead atoms. The van der Waals surface area contributed by atoms with E-state index in [1.165, 1.54) is 0 Å². The van der Waals surface area contributed by atoms with Crippen LogP contribution in [0.2, 0.25) is 0 Å². The van der Waals surface area contributed by atoms with E-state index in [1.807, 2.05) is 0 Å². The first-order chi connectivity index (χ1) is 12.2. The van der Waals surface area contributed by atoms with E-state index in [0.29, 0.717) is 6.07 Å². The van der Waals surface area contributed by atoms with Gasteiger partial charge in [-0.2, -0.15) is 0 Å². The first-order valence-corrected chi connectivity index (χ1v) is 6.89. The highest BCUT2D eigenvalue weighted by Crippen LogP contribution is 2.45. The Morgan fingerprint density at radius 3 is 2.38 bits per heavy atom. The highest BCUT2D eigenvalue weighted by molar-refractivity contribution is 5.93. The molecule has 0 amide bonds. The van der Waals surface area contributed by atoms with Gasteiger partial charge in [-0.3, -0.25) is 0 Å². The van der Waals surface area contributed by atoms with Crippen molar-refractivity contribution in [2.45, 2.75) is 6.29 Å². The summed E-state index contributed by atoms with van der Waals surface area (Å²) in [6.07, 6.45) is -3.99. The number of rotatable bonds is 3. The number of halogens is 4. The van der Waals surface area contributed by atoms with Gasteiger partial charge in [0.2, 0.25) is 0 Å². The van der Waals surface area contributed by atoms with Crippen LogP contribution in [0.4, 0.5) is 23.2 Å². The zero-order valence-corrected chi connectivity index (χ0v) is 13.2. The van der Waals surface area contributed by atoms with Crippen LogP contribution in [0.3, 0.4) is 0 Å². The second-order valence-electron chi connectivity index (χ2n) is 5.01. The van der Waals surface area contributed by atoms with Crippen LogP contribution >= 0.6 is 0 Å². The molecule has 0 fully saturated rings. The lowest BCUT2D eigenvalue weighted by Gasteiger charge is -2.13. The van der Waals surface area contributed by atoms with Crippen LogP contribution in [0.5, 0.6) is 17.2 Å². The average molecular weight is 374 g/mol. The van der Waals surface area contributed by atoms with E-state index < -0.39 is 63.8 Å². The van der Waals surface area contributed by atoms with Gasteiger partial charge in [0.25, 0.3) is 0 Å². The van der Waals surface area contributed by atoms with E-state index in [9.17, 15) is 22.4 Å². The van der Waals surface area contributed by atoms with Crippen molar-refractivity contribution in [3.05, 3.63) is 29.5 Å². The Labute approximate surface area is 143 Å². The minimum atomic E-state index is -3.99. The predicted molar refractivity (Wildman–Crippen MR) is 78.1 cm³/mol. The molecule has 0 radical (unpaired) electrons. The topological polar surface area (TPSA) is 92.9 Å². The molecule has 0 saturated heterocycles. The molecule has 2 aromatic rings. The van der Waals surface area contributed by atoms with Crippen LogP contribution in [0, 0.1) is 11.6 Å². The number of nitrogens with two attached hydrogens (primary N) is 1. The molecule has 2 N–H and O–H groups in total. The van der Waals surface area contributed by atoms with Gasteiger partial charge >= 0.3 is 12.3 Å². The number of esters is 1. The number of alkyl halides is 2. The zero-order valence-electron chi connectivity index (χ0n) is 13.2. The lowest BCUT2D eigenvalue weighted by atomic mass is 10.1. The van der Waals surface area contributed by atoms with Gasteiger partial charge in [0, 0.05) is 11.6 Å². The van der Waals surface area contributed by atoms with E-state index in [1.54, 1.807) is 0 Å². The summed E-state index contributed by atoms with van der Waals surface area (Å²) in [4.78, 5) is 15.5. The quantitative estimate of drug-likeness (QED) is 0.652. The Balaban J connectivity index is 2.22. The number of carbonyl (C=O) groups is 1. The number of hydrogen-bond acceptors (Lipinski definition) is 7. The van der Waals surface area contributed by atoms with Crippen molar-refractivity contribution in [2.75, 3.05) is 20.0 Å². The van der Waals surface area contributed by atoms with E-state index in [-0.39, 0.29) is 0 Å². The second-order valence-corrected chi connectivity index (χ2v) is 5.01. The Kier molecular flexibility index (Phi) is 4.01. The molecule has 2 heterocycles. The van der Waals surface area contributed by atoms with Crippen LogP contribution in [-0.4, -0.2) is 31.5 Å². The fourth-order valence-electron chi connectivity index (χ4n) is 2.34. The minimum absolute atomic E-state index is 0.411. The average Bonchev–Trinajstić information content (AvgIpc) is 2.88. The van der Waals surface area contributed by atoms with Crippen LogP contribution < -0.4 is 19.9 Å². The molecule has 0 spiro atoms. The largest absolute Gasteiger partial charge is 0.586 e. The zero-order chi connectivity index (χ0) is 19.2. The first kappa shape index (κ1) is 17.6. The number of anilines is 1. The Morgan fingerprint density at radius 1 is 1.19 bits per heavy atom. The van der Waals surface area contributed by atoms with Gasteiger partial charge in [-0.1, -0.05) is 0 Å². The maximum atomic E-state index is 14.6. The maximum absolute atomic E-state index is 14.6. The normalized spacial score (nSPS) is 14.2. The molecule has 0 atom stereocenters. The molecule has 1 aliphatic rings. The maximum Gasteiger partial charge on any atom is 0.586 e. The SMILES string of the molecule is COC(=O)c1nc(-c2cc3c(cc2F)OC(F)(F)O3)c(F)c(N)c1OC. The summed E-state index contributed by atoms with van der Waals surface area (Å²) < 4.78 is 72.7. The molecule has 1 aromatic heterocycles. The molecular formula is C15H10F4N2O5. The number of ether oxygens (including phenoxy) is 4. The smallest absolute Gasteiger partial charge is 0.492 e. The summed E-state index contributed by atoms with van der Waals surface area (Å²) in [6, 6.07) is 1.33. The number of carbonyl (C=O) groups excluding carboxylic acids is 1. The second kappa shape index (κ2) is 5.93. The monoisotopic (exact) mass is 374 g/mol. The van der Waals surface area contributed by atoms with E-state index >= 15 is 0 Å². The summed E-state index contributed by atoms with van der Waals surface area (Å²) >= 11 is 0. The van der Waals surface area contributed by atoms with Crippen LogP contribution in [0.1, 0.15) is 10.5 Å². The minimum Gasteiger partial charge on any atom is -0.492 e. The van der Waals surface area contributed by atoms with Gasteiger partial charge in [0.1, 0.15) is 17.2 Å². The third-order valence-corrected chi connectivity index (χ3v) is 3.46. The Bertz CT molecular complexity index is 920. The van der Waals surface area contributed by atoms with Gasteiger partial charge in [-0.15, -0.1) is 8.78 Å².